The average molecular weight is 357 g/mol. The minimum absolute atomic E-state index is 0.257. The molecule has 0 atom stereocenters. The van der Waals surface area contributed by atoms with E-state index >= 15 is 0 Å². The van der Waals surface area contributed by atoms with Gasteiger partial charge < -0.3 is 0 Å². The summed E-state index contributed by atoms with van der Waals surface area (Å²) < 4.78 is 4.30. The molecule has 0 radical (unpaired) electrons. The molecule has 27 heavy (non-hydrogen) atoms. The Hall–Kier alpha value is -4.14. The molecule has 9 nitrogen and oxygen atoms in total. The number of rotatable bonds is 2. The Morgan fingerprint density at radius 2 is 1.44 bits per heavy atom. The second kappa shape index (κ2) is 5.70. The molecule has 5 aromatic heterocycles. The molecule has 5 rings (SSSR count). The molecule has 0 aromatic carbocycles. The molecule has 130 valence electrons. The van der Waals surface area contributed by atoms with Crippen molar-refractivity contribution < 1.29 is 0 Å². The monoisotopic (exact) mass is 357 g/mol. The van der Waals surface area contributed by atoms with Gasteiger partial charge in [-0.3, -0.25) is 19.1 Å². The lowest BCUT2D eigenvalue weighted by molar-refractivity contribution is 0.632. The minimum Gasteiger partial charge on any atom is -0.284 e. The highest BCUT2D eigenvalue weighted by molar-refractivity contribution is 5.91. The molecule has 0 spiro atoms. The first-order chi connectivity index (χ1) is 13.2. The first kappa shape index (κ1) is 15.1. The van der Waals surface area contributed by atoms with Crippen molar-refractivity contribution in [3.63, 3.8) is 0 Å². The summed E-state index contributed by atoms with van der Waals surface area (Å²) in [6, 6.07) is 8.52. The van der Waals surface area contributed by atoms with E-state index < -0.39 is 0 Å². The van der Waals surface area contributed by atoms with E-state index in [-0.39, 0.29) is 11.1 Å². The number of nitrogens with zero attached hydrogens (tertiary/aromatic N) is 7. The molecule has 9 heteroatoms. The van der Waals surface area contributed by atoms with Gasteiger partial charge in [-0.25, -0.2) is 14.3 Å². The SMILES string of the molecule is O=c1c2cc3c(=O)n(-n4cnnc4)ccc3nc2ccn1-c1ccncc1. The van der Waals surface area contributed by atoms with Crippen molar-refractivity contribution in [2.24, 2.45) is 0 Å². The normalized spacial score (nSPS) is 11.3. The van der Waals surface area contributed by atoms with Crippen molar-refractivity contribution in [1.82, 2.24) is 34.1 Å². The van der Waals surface area contributed by atoms with E-state index in [4.69, 9.17) is 0 Å². The van der Waals surface area contributed by atoms with Crippen molar-refractivity contribution in [2.45, 2.75) is 0 Å². The number of aromatic nitrogens is 7. The predicted molar refractivity (Wildman–Crippen MR) is 97.7 cm³/mol. The molecule has 0 aliphatic heterocycles. The fraction of sp³-hybridized carbons (Fsp3) is 0. The number of hydrogen-bond donors (Lipinski definition) is 0. The highest BCUT2D eigenvalue weighted by Gasteiger charge is 2.11. The molecule has 5 aromatic rings. The number of pyridine rings is 4. The van der Waals surface area contributed by atoms with Gasteiger partial charge in [-0.05, 0) is 30.3 Å². The Morgan fingerprint density at radius 1 is 0.778 bits per heavy atom. The van der Waals surface area contributed by atoms with Gasteiger partial charge >= 0.3 is 0 Å². The predicted octanol–water partition coefficient (Wildman–Crippen LogP) is 0.998. The summed E-state index contributed by atoms with van der Waals surface area (Å²) in [6.45, 7) is 0. The van der Waals surface area contributed by atoms with Gasteiger partial charge in [0.05, 0.1) is 27.5 Å². The van der Waals surface area contributed by atoms with Gasteiger partial charge in [0, 0.05) is 24.8 Å². The van der Waals surface area contributed by atoms with E-state index in [9.17, 15) is 9.59 Å². The lowest BCUT2D eigenvalue weighted by Crippen LogP contribution is -2.25. The van der Waals surface area contributed by atoms with Crippen LogP contribution in [0.15, 0.2) is 77.4 Å². The van der Waals surface area contributed by atoms with Crippen LogP contribution in [0.5, 0.6) is 0 Å². The van der Waals surface area contributed by atoms with Crippen molar-refractivity contribution in [2.75, 3.05) is 0 Å². The van der Waals surface area contributed by atoms with Gasteiger partial charge in [-0.15, -0.1) is 10.2 Å². The third kappa shape index (κ3) is 2.33. The van der Waals surface area contributed by atoms with Crippen LogP contribution in [0.3, 0.4) is 0 Å². The van der Waals surface area contributed by atoms with Crippen molar-refractivity contribution in [3.05, 3.63) is 88.5 Å². The van der Waals surface area contributed by atoms with E-state index in [0.29, 0.717) is 27.5 Å². The zero-order valence-corrected chi connectivity index (χ0v) is 13.8. The Bertz CT molecular complexity index is 1400. The Morgan fingerprint density at radius 3 is 2.19 bits per heavy atom. The summed E-state index contributed by atoms with van der Waals surface area (Å²) in [5.41, 5.74) is 1.15. The van der Waals surface area contributed by atoms with E-state index in [1.54, 1.807) is 55.1 Å². The van der Waals surface area contributed by atoms with Gasteiger partial charge in [0.25, 0.3) is 11.1 Å². The highest BCUT2D eigenvalue weighted by Crippen LogP contribution is 2.15. The van der Waals surface area contributed by atoms with Crippen LogP contribution in [0, 0.1) is 0 Å². The third-order valence-electron chi connectivity index (χ3n) is 4.32. The molecule has 0 fully saturated rings. The van der Waals surface area contributed by atoms with Crippen LogP contribution in [0.1, 0.15) is 0 Å². The standard InChI is InChI=1S/C18H11N7O2/c26-17-13-9-14-16(4-8-25(18(14)27)23-10-20-21-11-23)22-15(13)3-7-24(17)12-1-5-19-6-2-12/h1-11H. The maximum atomic E-state index is 13.0. The average Bonchev–Trinajstić information content (AvgIpc) is 3.23. The van der Waals surface area contributed by atoms with Crippen LogP contribution in [0.25, 0.3) is 27.5 Å². The molecule has 5 heterocycles. The Labute approximate surface area is 150 Å². The molecule has 0 aliphatic carbocycles. The molecule has 0 aliphatic rings. The van der Waals surface area contributed by atoms with Crippen LogP contribution in [0.4, 0.5) is 0 Å². The summed E-state index contributed by atoms with van der Waals surface area (Å²) in [4.78, 5) is 34.3. The topological polar surface area (TPSA) is 100 Å². The molecule has 0 unspecified atom stereocenters. The van der Waals surface area contributed by atoms with Crippen molar-refractivity contribution in [3.8, 4) is 5.69 Å². The number of hydrogen-bond acceptors (Lipinski definition) is 6. The zero-order chi connectivity index (χ0) is 18.4. The van der Waals surface area contributed by atoms with E-state index in [2.05, 4.69) is 20.2 Å². The first-order valence-corrected chi connectivity index (χ1v) is 8.06. The van der Waals surface area contributed by atoms with E-state index in [1.807, 2.05) is 0 Å². The van der Waals surface area contributed by atoms with Gasteiger partial charge in [0.2, 0.25) is 0 Å². The fourth-order valence-electron chi connectivity index (χ4n) is 3.01. The van der Waals surface area contributed by atoms with Gasteiger partial charge in [-0.1, -0.05) is 0 Å². The molecule has 0 saturated carbocycles. The third-order valence-corrected chi connectivity index (χ3v) is 4.32. The van der Waals surface area contributed by atoms with Crippen LogP contribution < -0.4 is 11.1 Å². The molecule has 0 amide bonds. The summed E-state index contributed by atoms with van der Waals surface area (Å²) in [7, 11) is 0. The summed E-state index contributed by atoms with van der Waals surface area (Å²) in [6.07, 6.45) is 9.31. The Balaban J connectivity index is 1.82. The zero-order valence-electron chi connectivity index (χ0n) is 13.8. The highest BCUT2D eigenvalue weighted by atomic mass is 16.1. The molecule has 0 N–H and O–H groups in total. The maximum Gasteiger partial charge on any atom is 0.279 e. The lowest BCUT2D eigenvalue weighted by atomic mass is 10.2. The van der Waals surface area contributed by atoms with Gasteiger partial charge in [0.1, 0.15) is 12.7 Å². The molecule has 0 bridgehead atoms. The molecular weight excluding hydrogens is 346 g/mol. The van der Waals surface area contributed by atoms with Crippen LogP contribution >= 0.6 is 0 Å². The van der Waals surface area contributed by atoms with Gasteiger partial charge in [0.15, 0.2) is 0 Å². The van der Waals surface area contributed by atoms with Crippen LogP contribution in [0.2, 0.25) is 0 Å². The van der Waals surface area contributed by atoms with Crippen LogP contribution in [-0.4, -0.2) is 34.1 Å². The second-order valence-electron chi connectivity index (χ2n) is 5.86. The van der Waals surface area contributed by atoms with Crippen molar-refractivity contribution in [1.29, 1.82) is 0 Å². The lowest BCUT2D eigenvalue weighted by Gasteiger charge is -2.09. The summed E-state index contributed by atoms with van der Waals surface area (Å²) in [5.74, 6) is 0. The largest absolute Gasteiger partial charge is 0.284 e. The van der Waals surface area contributed by atoms with Crippen LogP contribution in [-0.2, 0) is 0 Å². The number of fused-ring (bicyclic) bond motifs is 2. The maximum absolute atomic E-state index is 13.0. The summed E-state index contributed by atoms with van der Waals surface area (Å²) >= 11 is 0. The molecular formula is C18H11N7O2. The van der Waals surface area contributed by atoms with E-state index in [1.165, 1.54) is 26.6 Å². The quantitative estimate of drug-likeness (QED) is 0.437. The van der Waals surface area contributed by atoms with Gasteiger partial charge in [-0.2, -0.15) is 0 Å². The smallest absolute Gasteiger partial charge is 0.279 e. The first-order valence-electron chi connectivity index (χ1n) is 8.06. The fourth-order valence-corrected chi connectivity index (χ4v) is 3.01. The second-order valence-corrected chi connectivity index (χ2v) is 5.86. The molecule has 0 saturated heterocycles. The van der Waals surface area contributed by atoms with E-state index in [0.717, 1.165) is 0 Å². The minimum atomic E-state index is -0.319. The summed E-state index contributed by atoms with van der Waals surface area (Å²) in [5, 5.41) is 8.11. The van der Waals surface area contributed by atoms with Crippen molar-refractivity contribution >= 4 is 21.8 Å². The Kier molecular flexibility index (Phi) is 3.20.